The average Bonchev–Trinajstić information content (AvgIpc) is 2.49. The zero-order valence-electron chi connectivity index (χ0n) is 12.9. The highest BCUT2D eigenvalue weighted by Crippen LogP contribution is 2.25. The topological polar surface area (TPSA) is 58.6 Å². The second-order valence-corrected chi connectivity index (χ2v) is 7.36. The van der Waals surface area contributed by atoms with Gasteiger partial charge in [0.15, 0.2) is 0 Å². The number of hydrogen-bond acceptors (Lipinski definition) is 4. The minimum Gasteiger partial charge on any atom is -0.494 e. The van der Waals surface area contributed by atoms with Crippen molar-refractivity contribution in [1.82, 2.24) is 9.62 Å². The van der Waals surface area contributed by atoms with E-state index in [0.717, 1.165) is 37.2 Å². The van der Waals surface area contributed by atoms with Crippen molar-refractivity contribution in [2.75, 3.05) is 26.7 Å². The molecule has 0 aromatic heterocycles. The van der Waals surface area contributed by atoms with Gasteiger partial charge in [0.1, 0.15) is 5.75 Å². The highest BCUT2D eigenvalue weighted by Gasteiger charge is 2.29. The van der Waals surface area contributed by atoms with E-state index >= 15 is 0 Å². The number of sulfonamides is 1. The van der Waals surface area contributed by atoms with Gasteiger partial charge in [-0.1, -0.05) is 0 Å². The fourth-order valence-electron chi connectivity index (χ4n) is 2.63. The molecule has 0 bridgehead atoms. The second-order valence-electron chi connectivity index (χ2n) is 5.36. The minimum atomic E-state index is -3.44. The number of nitrogens with one attached hydrogen (secondary N) is 1. The van der Waals surface area contributed by atoms with Crippen molar-refractivity contribution >= 4 is 10.0 Å². The lowest BCUT2D eigenvalue weighted by Crippen LogP contribution is -2.43. The van der Waals surface area contributed by atoms with Crippen LogP contribution in [0.1, 0.15) is 25.3 Å². The number of piperidine rings is 1. The van der Waals surface area contributed by atoms with Crippen LogP contribution in [0.2, 0.25) is 0 Å². The molecule has 1 aliphatic rings. The molecule has 0 spiro atoms. The normalized spacial score (nSPS) is 17.1. The van der Waals surface area contributed by atoms with E-state index in [1.54, 1.807) is 25.2 Å². The van der Waals surface area contributed by atoms with Gasteiger partial charge in [0, 0.05) is 13.1 Å². The molecule has 1 heterocycles. The van der Waals surface area contributed by atoms with Crippen LogP contribution in [0.25, 0.3) is 0 Å². The SMILES string of the molecule is CCOc1ccc(S(=O)(=O)N(C)C2CCNCC2)cc1C. The van der Waals surface area contributed by atoms with Crippen LogP contribution in [0.4, 0.5) is 0 Å². The van der Waals surface area contributed by atoms with E-state index in [9.17, 15) is 8.42 Å². The molecule has 1 N–H and O–H groups in total. The summed E-state index contributed by atoms with van der Waals surface area (Å²) >= 11 is 0. The molecular formula is C15H24N2O3S. The quantitative estimate of drug-likeness (QED) is 0.900. The summed E-state index contributed by atoms with van der Waals surface area (Å²) < 4.78 is 32.4. The van der Waals surface area contributed by atoms with E-state index in [1.807, 2.05) is 13.8 Å². The summed E-state index contributed by atoms with van der Waals surface area (Å²) in [6, 6.07) is 5.13. The maximum absolute atomic E-state index is 12.7. The number of rotatable bonds is 5. The number of benzene rings is 1. The number of aryl methyl sites for hydroxylation is 1. The zero-order chi connectivity index (χ0) is 15.5. The minimum absolute atomic E-state index is 0.0723. The molecule has 0 unspecified atom stereocenters. The first-order chi connectivity index (χ1) is 9.96. The smallest absolute Gasteiger partial charge is 0.243 e. The molecule has 1 aromatic rings. The van der Waals surface area contributed by atoms with E-state index in [-0.39, 0.29) is 6.04 Å². The van der Waals surface area contributed by atoms with Gasteiger partial charge in [-0.25, -0.2) is 8.42 Å². The molecular weight excluding hydrogens is 288 g/mol. The van der Waals surface area contributed by atoms with Crippen LogP contribution >= 0.6 is 0 Å². The summed E-state index contributed by atoms with van der Waals surface area (Å²) in [7, 11) is -1.77. The van der Waals surface area contributed by atoms with Crippen LogP contribution < -0.4 is 10.1 Å². The summed E-state index contributed by atoms with van der Waals surface area (Å²) in [5, 5.41) is 3.25. The van der Waals surface area contributed by atoms with E-state index in [0.29, 0.717) is 11.5 Å². The first-order valence-corrected chi connectivity index (χ1v) is 8.83. The van der Waals surface area contributed by atoms with Crippen LogP contribution in [-0.2, 0) is 10.0 Å². The Labute approximate surface area is 127 Å². The van der Waals surface area contributed by atoms with Crippen LogP contribution in [0.3, 0.4) is 0 Å². The van der Waals surface area contributed by atoms with Gasteiger partial charge in [-0.2, -0.15) is 4.31 Å². The molecule has 21 heavy (non-hydrogen) atoms. The molecule has 0 aliphatic carbocycles. The molecule has 0 saturated carbocycles. The monoisotopic (exact) mass is 312 g/mol. The molecule has 1 aliphatic heterocycles. The van der Waals surface area contributed by atoms with E-state index in [4.69, 9.17) is 4.74 Å². The van der Waals surface area contributed by atoms with Crippen molar-refractivity contribution in [2.45, 2.75) is 37.6 Å². The summed E-state index contributed by atoms with van der Waals surface area (Å²) in [6.07, 6.45) is 1.71. The van der Waals surface area contributed by atoms with Gasteiger partial charge >= 0.3 is 0 Å². The third-order valence-corrected chi connectivity index (χ3v) is 5.85. The highest BCUT2D eigenvalue weighted by molar-refractivity contribution is 7.89. The summed E-state index contributed by atoms with van der Waals surface area (Å²) in [4.78, 5) is 0.337. The van der Waals surface area contributed by atoms with Crippen molar-refractivity contribution < 1.29 is 13.2 Å². The van der Waals surface area contributed by atoms with Crippen LogP contribution in [0.5, 0.6) is 5.75 Å². The first-order valence-electron chi connectivity index (χ1n) is 7.39. The Morgan fingerprint density at radius 2 is 2.00 bits per heavy atom. The second kappa shape index (κ2) is 6.77. The van der Waals surface area contributed by atoms with Crippen molar-refractivity contribution in [1.29, 1.82) is 0 Å². The molecule has 6 heteroatoms. The van der Waals surface area contributed by atoms with E-state index in [2.05, 4.69) is 5.32 Å². The lowest BCUT2D eigenvalue weighted by molar-refractivity contribution is 0.296. The third-order valence-electron chi connectivity index (χ3n) is 3.95. The standard InChI is InChI=1S/C15H24N2O3S/c1-4-20-15-6-5-14(11-12(15)2)21(18,19)17(3)13-7-9-16-10-8-13/h5-6,11,13,16H,4,7-10H2,1-3H3. The lowest BCUT2D eigenvalue weighted by atomic mass is 10.1. The predicted octanol–water partition coefficient (Wildman–Crippen LogP) is 1.77. The van der Waals surface area contributed by atoms with Crippen molar-refractivity contribution in [3.63, 3.8) is 0 Å². The molecule has 1 saturated heterocycles. The maximum atomic E-state index is 12.7. The van der Waals surface area contributed by atoms with Gasteiger partial charge in [0.25, 0.3) is 0 Å². The molecule has 2 rings (SSSR count). The molecule has 0 radical (unpaired) electrons. The van der Waals surface area contributed by atoms with Crippen LogP contribution in [-0.4, -0.2) is 45.5 Å². The summed E-state index contributed by atoms with van der Waals surface area (Å²) in [6.45, 7) is 6.09. The molecule has 0 atom stereocenters. The molecule has 1 fully saturated rings. The largest absolute Gasteiger partial charge is 0.494 e. The Kier molecular flexibility index (Phi) is 5.24. The Balaban J connectivity index is 2.24. The highest BCUT2D eigenvalue weighted by atomic mass is 32.2. The number of nitrogens with zero attached hydrogens (tertiary/aromatic N) is 1. The Morgan fingerprint density at radius 3 is 2.57 bits per heavy atom. The van der Waals surface area contributed by atoms with Gasteiger partial charge in [0.05, 0.1) is 11.5 Å². The summed E-state index contributed by atoms with van der Waals surface area (Å²) in [5.41, 5.74) is 0.844. The molecule has 118 valence electrons. The van der Waals surface area contributed by atoms with Gasteiger partial charge in [-0.3, -0.25) is 0 Å². The Bertz CT molecular complexity index is 581. The average molecular weight is 312 g/mol. The van der Waals surface area contributed by atoms with Crippen LogP contribution in [0, 0.1) is 6.92 Å². The Morgan fingerprint density at radius 1 is 1.33 bits per heavy atom. The summed E-state index contributed by atoms with van der Waals surface area (Å²) in [5.74, 6) is 0.737. The van der Waals surface area contributed by atoms with Crippen LogP contribution in [0.15, 0.2) is 23.1 Å². The fourth-order valence-corrected chi connectivity index (χ4v) is 4.13. The van der Waals surface area contributed by atoms with Gasteiger partial charge in [-0.05, 0) is 63.5 Å². The third kappa shape index (κ3) is 3.56. The lowest BCUT2D eigenvalue weighted by Gasteiger charge is -2.31. The fraction of sp³-hybridized carbons (Fsp3) is 0.600. The maximum Gasteiger partial charge on any atom is 0.243 e. The van der Waals surface area contributed by atoms with Crippen molar-refractivity contribution in [3.05, 3.63) is 23.8 Å². The Hall–Kier alpha value is -1.11. The molecule has 1 aromatic carbocycles. The number of hydrogen-bond donors (Lipinski definition) is 1. The molecule has 5 nitrogen and oxygen atoms in total. The zero-order valence-corrected chi connectivity index (χ0v) is 13.7. The predicted molar refractivity (Wildman–Crippen MR) is 83.2 cm³/mol. The van der Waals surface area contributed by atoms with E-state index < -0.39 is 10.0 Å². The molecule has 0 amide bonds. The first kappa shape index (κ1) is 16.3. The van der Waals surface area contributed by atoms with Crippen molar-refractivity contribution in [2.24, 2.45) is 0 Å². The van der Waals surface area contributed by atoms with Gasteiger partial charge < -0.3 is 10.1 Å². The van der Waals surface area contributed by atoms with Crippen molar-refractivity contribution in [3.8, 4) is 5.75 Å². The van der Waals surface area contributed by atoms with Gasteiger partial charge in [-0.15, -0.1) is 0 Å². The van der Waals surface area contributed by atoms with Gasteiger partial charge in [0.2, 0.25) is 10.0 Å². The van der Waals surface area contributed by atoms with E-state index in [1.165, 1.54) is 4.31 Å². The number of ether oxygens (including phenoxy) is 1.